The molecule has 49 heavy (non-hydrogen) atoms. The third kappa shape index (κ3) is 7.25. The summed E-state index contributed by atoms with van der Waals surface area (Å²) < 4.78 is 12.9. The molecule has 0 radical (unpaired) electrons. The number of amides is 2. The first-order valence-electron chi connectivity index (χ1n) is 16.1. The van der Waals surface area contributed by atoms with Gasteiger partial charge in [-0.05, 0) is 72.7 Å². The number of hydrogen-bond acceptors (Lipinski definition) is 9. The molecule has 1 fully saturated rings. The molecule has 1 unspecified atom stereocenters. The summed E-state index contributed by atoms with van der Waals surface area (Å²) in [6, 6.07) is 23.0. The molecule has 2 aromatic heterocycles. The van der Waals surface area contributed by atoms with E-state index in [0.717, 1.165) is 41.9 Å². The molecule has 0 bridgehead atoms. The molecule has 2 amide bonds. The highest BCUT2D eigenvalue weighted by Gasteiger charge is 2.36. The standard InChI is InChI=1S/C36H33N7O6/c44-35(39-34(23-5-2-1-3-6-23)25-8-13-33-24(15-25)7-4-14-48-33)26-16-28(17-26)38-36(45)27-18-31(20-37-19-27)42-21-29(40-41-42)22-49-32-11-9-30(10-12-32)43(46)47/h1-3,5-6,8-13,15,18-21,26,28,34H,4,7,14,16-17,22H2,(H,38,45)(H,39,44). The quantitative estimate of drug-likeness (QED) is 0.148. The minimum absolute atomic E-state index is 0.0258. The Balaban J connectivity index is 0.935. The predicted octanol–water partition coefficient (Wildman–Crippen LogP) is 4.89. The third-order valence-corrected chi connectivity index (χ3v) is 8.76. The van der Waals surface area contributed by atoms with Gasteiger partial charge in [0.15, 0.2) is 0 Å². The average molecular weight is 660 g/mol. The molecular formula is C36H33N7O6. The Hall–Kier alpha value is -6.11. The van der Waals surface area contributed by atoms with Crippen LogP contribution in [0.4, 0.5) is 5.69 Å². The van der Waals surface area contributed by atoms with E-state index < -0.39 is 4.92 Å². The fourth-order valence-corrected chi connectivity index (χ4v) is 6.03. The van der Waals surface area contributed by atoms with Crippen LogP contribution in [0.5, 0.6) is 11.5 Å². The zero-order chi connectivity index (χ0) is 33.7. The first kappa shape index (κ1) is 31.5. The molecule has 3 heterocycles. The van der Waals surface area contributed by atoms with Gasteiger partial charge in [-0.3, -0.25) is 24.7 Å². The normalized spacial score (nSPS) is 17.1. The van der Waals surface area contributed by atoms with Gasteiger partial charge in [0.1, 0.15) is 23.8 Å². The van der Waals surface area contributed by atoms with Gasteiger partial charge in [0.05, 0.1) is 41.2 Å². The van der Waals surface area contributed by atoms with Gasteiger partial charge in [0.2, 0.25) is 5.91 Å². The summed E-state index contributed by atoms with van der Waals surface area (Å²) in [7, 11) is 0. The van der Waals surface area contributed by atoms with Crippen molar-refractivity contribution in [2.24, 2.45) is 5.92 Å². The van der Waals surface area contributed by atoms with Crippen LogP contribution in [0, 0.1) is 16.0 Å². The Morgan fingerprint density at radius 3 is 2.63 bits per heavy atom. The van der Waals surface area contributed by atoms with Gasteiger partial charge in [0.25, 0.3) is 11.6 Å². The molecule has 1 atom stereocenters. The second-order valence-electron chi connectivity index (χ2n) is 12.1. The number of nitrogens with zero attached hydrogens (tertiary/aromatic N) is 5. The van der Waals surface area contributed by atoms with Crippen LogP contribution >= 0.6 is 0 Å². The molecule has 1 aliphatic heterocycles. The van der Waals surface area contributed by atoms with E-state index in [1.165, 1.54) is 35.1 Å². The van der Waals surface area contributed by atoms with E-state index in [1.807, 2.05) is 42.5 Å². The number of aryl methyl sites for hydroxylation is 1. The SMILES string of the molecule is O=C(NC1CC(C(=O)NC(c2ccccc2)c2ccc3c(c2)CCCO3)C1)c1cncc(-n2cc(COc3ccc([N+](=O)[O-])cc3)nn2)c1. The van der Waals surface area contributed by atoms with Gasteiger partial charge < -0.3 is 20.1 Å². The number of hydrogen-bond donors (Lipinski definition) is 2. The van der Waals surface area contributed by atoms with Crippen LogP contribution in [-0.4, -0.2) is 49.4 Å². The number of non-ortho nitro benzene ring substituents is 1. The number of rotatable bonds is 11. The smallest absolute Gasteiger partial charge is 0.269 e. The number of nitrogens with one attached hydrogen (secondary N) is 2. The molecule has 3 aromatic carbocycles. The lowest BCUT2D eigenvalue weighted by Crippen LogP contribution is -2.50. The molecule has 13 nitrogen and oxygen atoms in total. The van der Waals surface area contributed by atoms with Crippen LogP contribution in [0.2, 0.25) is 0 Å². The number of nitro groups is 1. The number of pyridine rings is 1. The Kier molecular flexibility index (Phi) is 8.96. The van der Waals surface area contributed by atoms with Crippen molar-refractivity contribution in [3.05, 3.63) is 136 Å². The van der Waals surface area contributed by atoms with Crippen molar-refractivity contribution in [2.75, 3.05) is 6.61 Å². The molecule has 0 spiro atoms. The van der Waals surface area contributed by atoms with Crippen LogP contribution in [0.3, 0.4) is 0 Å². The zero-order valence-corrected chi connectivity index (χ0v) is 26.4. The van der Waals surface area contributed by atoms with Crippen molar-refractivity contribution < 1.29 is 24.0 Å². The number of benzene rings is 3. The van der Waals surface area contributed by atoms with Crippen molar-refractivity contribution in [3.8, 4) is 17.2 Å². The van der Waals surface area contributed by atoms with Crippen molar-refractivity contribution >= 4 is 17.5 Å². The highest BCUT2D eigenvalue weighted by atomic mass is 16.6. The maximum absolute atomic E-state index is 13.4. The largest absolute Gasteiger partial charge is 0.493 e. The van der Waals surface area contributed by atoms with E-state index in [0.29, 0.717) is 35.5 Å². The van der Waals surface area contributed by atoms with Crippen LogP contribution in [0.25, 0.3) is 5.69 Å². The summed E-state index contributed by atoms with van der Waals surface area (Å²) in [5.74, 6) is 0.805. The number of ether oxygens (including phenoxy) is 2. The molecule has 13 heteroatoms. The van der Waals surface area contributed by atoms with Gasteiger partial charge >= 0.3 is 0 Å². The van der Waals surface area contributed by atoms with Crippen molar-refractivity contribution in [1.82, 2.24) is 30.6 Å². The monoisotopic (exact) mass is 659 g/mol. The molecule has 248 valence electrons. The summed E-state index contributed by atoms with van der Waals surface area (Å²) in [6.45, 7) is 0.816. The van der Waals surface area contributed by atoms with E-state index in [1.54, 1.807) is 18.5 Å². The lowest BCUT2D eigenvalue weighted by Gasteiger charge is -2.36. The molecule has 1 aliphatic carbocycles. The van der Waals surface area contributed by atoms with Crippen molar-refractivity contribution in [2.45, 2.75) is 44.4 Å². The second kappa shape index (κ2) is 13.9. The van der Waals surface area contributed by atoms with Crippen LogP contribution < -0.4 is 20.1 Å². The molecule has 7 rings (SSSR count). The minimum atomic E-state index is -0.477. The fourth-order valence-electron chi connectivity index (χ4n) is 6.03. The molecule has 2 N–H and O–H groups in total. The summed E-state index contributed by atoms with van der Waals surface area (Å²) in [6.07, 6.45) is 7.68. The summed E-state index contributed by atoms with van der Waals surface area (Å²) in [5, 5.41) is 25.4. The Morgan fingerprint density at radius 1 is 1.02 bits per heavy atom. The summed E-state index contributed by atoms with van der Waals surface area (Å²) in [5.41, 5.74) is 4.54. The van der Waals surface area contributed by atoms with Crippen molar-refractivity contribution in [1.29, 1.82) is 0 Å². The van der Waals surface area contributed by atoms with E-state index in [9.17, 15) is 19.7 Å². The Bertz CT molecular complexity index is 1980. The van der Waals surface area contributed by atoms with Gasteiger partial charge in [-0.25, -0.2) is 4.68 Å². The van der Waals surface area contributed by atoms with Gasteiger partial charge in [-0.2, -0.15) is 0 Å². The first-order valence-corrected chi connectivity index (χ1v) is 16.1. The van der Waals surface area contributed by atoms with Gasteiger partial charge in [-0.15, -0.1) is 5.10 Å². The van der Waals surface area contributed by atoms with E-state index >= 15 is 0 Å². The van der Waals surface area contributed by atoms with Gasteiger partial charge in [-0.1, -0.05) is 41.6 Å². The first-order chi connectivity index (χ1) is 23.9. The maximum Gasteiger partial charge on any atom is 0.269 e. The number of nitro benzene ring substituents is 1. The molecular weight excluding hydrogens is 626 g/mol. The molecule has 0 saturated heterocycles. The fraction of sp³-hybridized carbons (Fsp3) is 0.250. The highest BCUT2D eigenvalue weighted by Crippen LogP contribution is 2.33. The maximum atomic E-state index is 13.4. The zero-order valence-electron chi connectivity index (χ0n) is 26.4. The van der Waals surface area contributed by atoms with Gasteiger partial charge in [0, 0.05) is 30.3 Å². The highest BCUT2D eigenvalue weighted by molar-refractivity contribution is 5.94. The van der Waals surface area contributed by atoms with E-state index in [-0.39, 0.29) is 42.1 Å². The van der Waals surface area contributed by atoms with Crippen LogP contribution in [0.15, 0.2) is 97.5 Å². The molecule has 1 saturated carbocycles. The topological polar surface area (TPSA) is 163 Å². The number of fused-ring (bicyclic) bond motifs is 1. The average Bonchev–Trinajstić information content (AvgIpc) is 3.60. The molecule has 5 aromatic rings. The van der Waals surface area contributed by atoms with Crippen LogP contribution in [-0.2, 0) is 17.8 Å². The number of carbonyl (C=O) groups excluding carboxylic acids is 2. The predicted molar refractivity (Wildman–Crippen MR) is 177 cm³/mol. The van der Waals surface area contributed by atoms with E-state index in [2.05, 4.69) is 32.0 Å². The molecule has 2 aliphatic rings. The lowest BCUT2D eigenvalue weighted by molar-refractivity contribution is -0.384. The van der Waals surface area contributed by atoms with Crippen LogP contribution in [0.1, 0.15) is 58.0 Å². The third-order valence-electron chi connectivity index (χ3n) is 8.76. The number of aromatic nitrogens is 4. The van der Waals surface area contributed by atoms with Crippen molar-refractivity contribution in [3.63, 3.8) is 0 Å². The lowest BCUT2D eigenvalue weighted by atomic mass is 9.79. The Morgan fingerprint density at radius 2 is 1.84 bits per heavy atom. The van der Waals surface area contributed by atoms with E-state index in [4.69, 9.17) is 9.47 Å². The Labute approximate surface area is 281 Å². The summed E-state index contributed by atoms with van der Waals surface area (Å²) >= 11 is 0. The second-order valence-corrected chi connectivity index (χ2v) is 12.1. The summed E-state index contributed by atoms with van der Waals surface area (Å²) in [4.78, 5) is 41.1. The minimum Gasteiger partial charge on any atom is -0.493 e. The number of carbonyl (C=O) groups is 2.